The normalized spacial score (nSPS) is 10.3. The molecule has 0 aliphatic heterocycles. The van der Waals surface area contributed by atoms with E-state index in [-0.39, 0.29) is 11.3 Å². The van der Waals surface area contributed by atoms with Crippen molar-refractivity contribution in [3.8, 4) is 5.75 Å². The van der Waals surface area contributed by atoms with Gasteiger partial charge in [-0.15, -0.1) is 0 Å². The molecule has 0 fully saturated rings. The van der Waals surface area contributed by atoms with E-state index in [1.165, 1.54) is 13.2 Å². The number of halogens is 1. The number of carbonyl (C=O) groups is 1. The molecule has 0 unspecified atom stereocenters. The number of carbonyl (C=O) groups excluding carboxylic acids is 1. The number of aryl methyl sites for hydroxylation is 2. The highest BCUT2D eigenvalue weighted by molar-refractivity contribution is 6.11. The highest BCUT2D eigenvalue weighted by Gasteiger charge is 2.20. The monoisotopic (exact) mass is 258 g/mol. The molecule has 0 spiro atoms. The molecule has 2 aromatic carbocycles. The van der Waals surface area contributed by atoms with E-state index in [1.807, 2.05) is 0 Å². The van der Waals surface area contributed by atoms with Crippen molar-refractivity contribution >= 4 is 5.78 Å². The van der Waals surface area contributed by atoms with Crippen molar-refractivity contribution in [3.63, 3.8) is 0 Å². The first-order chi connectivity index (χ1) is 9.04. The SMILES string of the molecule is COc1ccccc1C(=O)c1c(C)cc(C)cc1F. The largest absolute Gasteiger partial charge is 0.496 e. The minimum Gasteiger partial charge on any atom is -0.496 e. The average Bonchev–Trinajstić information content (AvgIpc) is 2.37. The molecule has 19 heavy (non-hydrogen) atoms. The van der Waals surface area contributed by atoms with Crippen molar-refractivity contribution in [2.24, 2.45) is 0 Å². The van der Waals surface area contributed by atoms with Crippen molar-refractivity contribution in [2.75, 3.05) is 7.11 Å². The van der Waals surface area contributed by atoms with Gasteiger partial charge in [-0.25, -0.2) is 4.39 Å². The zero-order valence-electron chi connectivity index (χ0n) is 11.2. The van der Waals surface area contributed by atoms with Crippen LogP contribution in [0.3, 0.4) is 0 Å². The molecule has 0 N–H and O–H groups in total. The van der Waals surface area contributed by atoms with Gasteiger partial charge in [0.2, 0.25) is 0 Å². The third-order valence-electron chi connectivity index (χ3n) is 3.01. The van der Waals surface area contributed by atoms with Crippen molar-refractivity contribution < 1.29 is 13.9 Å². The lowest BCUT2D eigenvalue weighted by molar-refractivity contribution is 0.103. The molecule has 0 amide bonds. The van der Waals surface area contributed by atoms with Crippen molar-refractivity contribution in [1.82, 2.24) is 0 Å². The van der Waals surface area contributed by atoms with Crippen LogP contribution in [0.4, 0.5) is 4.39 Å². The van der Waals surface area contributed by atoms with Gasteiger partial charge < -0.3 is 4.74 Å². The van der Waals surface area contributed by atoms with Crippen LogP contribution in [0.1, 0.15) is 27.0 Å². The zero-order chi connectivity index (χ0) is 14.0. The third-order valence-corrected chi connectivity index (χ3v) is 3.01. The summed E-state index contributed by atoms with van der Waals surface area (Å²) < 4.78 is 19.2. The van der Waals surface area contributed by atoms with Gasteiger partial charge in [0.05, 0.1) is 18.2 Å². The number of rotatable bonds is 3. The minimum atomic E-state index is -0.492. The Labute approximate surface area is 111 Å². The fourth-order valence-corrected chi connectivity index (χ4v) is 2.17. The molecule has 3 heteroatoms. The summed E-state index contributed by atoms with van der Waals surface area (Å²) in [6.45, 7) is 3.53. The van der Waals surface area contributed by atoms with Crippen molar-refractivity contribution in [1.29, 1.82) is 0 Å². The predicted molar refractivity (Wildman–Crippen MR) is 72.3 cm³/mol. The average molecular weight is 258 g/mol. The number of para-hydroxylation sites is 1. The van der Waals surface area contributed by atoms with E-state index in [0.29, 0.717) is 16.9 Å². The second-order valence-electron chi connectivity index (χ2n) is 4.47. The van der Waals surface area contributed by atoms with E-state index in [9.17, 15) is 9.18 Å². The van der Waals surface area contributed by atoms with Crippen LogP contribution in [0.15, 0.2) is 36.4 Å². The van der Waals surface area contributed by atoms with Gasteiger partial charge in [0.25, 0.3) is 0 Å². The Balaban J connectivity index is 2.57. The van der Waals surface area contributed by atoms with E-state index in [0.717, 1.165) is 5.56 Å². The predicted octanol–water partition coefficient (Wildman–Crippen LogP) is 3.68. The Hall–Kier alpha value is -2.16. The molecule has 0 radical (unpaired) electrons. The Morgan fingerprint density at radius 1 is 1.16 bits per heavy atom. The van der Waals surface area contributed by atoms with E-state index < -0.39 is 5.82 Å². The number of hydrogen-bond acceptors (Lipinski definition) is 2. The summed E-state index contributed by atoms with van der Waals surface area (Å²) in [5.74, 6) is -0.396. The summed E-state index contributed by atoms with van der Waals surface area (Å²) in [7, 11) is 1.49. The second-order valence-corrected chi connectivity index (χ2v) is 4.47. The fraction of sp³-hybridized carbons (Fsp3) is 0.188. The maximum Gasteiger partial charge on any atom is 0.199 e. The van der Waals surface area contributed by atoms with Gasteiger partial charge >= 0.3 is 0 Å². The summed E-state index contributed by atoms with van der Waals surface area (Å²) in [6.07, 6.45) is 0. The first-order valence-corrected chi connectivity index (χ1v) is 5.99. The van der Waals surface area contributed by atoms with Gasteiger partial charge in [0.1, 0.15) is 11.6 Å². The van der Waals surface area contributed by atoms with Gasteiger partial charge in [-0.05, 0) is 43.2 Å². The first-order valence-electron chi connectivity index (χ1n) is 5.99. The molecular weight excluding hydrogens is 243 g/mol. The molecule has 0 aliphatic rings. The molecule has 0 aromatic heterocycles. The van der Waals surface area contributed by atoms with Gasteiger partial charge in [-0.3, -0.25) is 4.79 Å². The van der Waals surface area contributed by atoms with Crippen molar-refractivity contribution in [3.05, 3.63) is 64.5 Å². The van der Waals surface area contributed by atoms with Crippen LogP contribution >= 0.6 is 0 Å². The van der Waals surface area contributed by atoms with Crippen LogP contribution < -0.4 is 4.74 Å². The van der Waals surface area contributed by atoms with Crippen LogP contribution in [0.25, 0.3) is 0 Å². The lowest BCUT2D eigenvalue weighted by Crippen LogP contribution is -2.09. The van der Waals surface area contributed by atoms with Crippen LogP contribution in [-0.2, 0) is 0 Å². The molecule has 0 aliphatic carbocycles. The van der Waals surface area contributed by atoms with Crippen LogP contribution in [0, 0.1) is 19.7 Å². The molecular formula is C16H15FO2. The van der Waals surface area contributed by atoms with Crippen LogP contribution in [0.5, 0.6) is 5.75 Å². The van der Waals surface area contributed by atoms with Gasteiger partial charge in [-0.2, -0.15) is 0 Å². The Kier molecular flexibility index (Phi) is 3.65. The van der Waals surface area contributed by atoms with Gasteiger partial charge in [-0.1, -0.05) is 18.2 Å². The second kappa shape index (κ2) is 5.22. The zero-order valence-corrected chi connectivity index (χ0v) is 11.2. The van der Waals surface area contributed by atoms with Gasteiger partial charge in [0.15, 0.2) is 5.78 Å². The van der Waals surface area contributed by atoms with Crippen molar-refractivity contribution in [2.45, 2.75) is 13.8 Å². The number of hydrogen-bond donors (Lipinski definition) is 0. The highest BCUT2D eigenvalue weighted by atomic mass is 19.1. The Morgan fingerprint density at radius 3 is 2.47 bits per heavy atom. The van der Waals surface area contributed by atoms with E-state index in [4.69, 9.17) is 4.74 Å². The molecule has 0 atom stereocenters. The molecule has 0 saturated carbocycles. The molecule has 2 rings (SSSR count). The number of benzene rings is 2. The summed E-state index contributed by atoms with van der Waals surface area (Å²) in [6, 6.07) is 10.0. The Morgan fingerprint density at radius 2 is 1.84 bits per heavy atom. The summed E-state index contributed by atoms with van der Waals surface area (Å²) in [5.41, 5.74) is 1.91. The maximum atomic E-state index is 14.0. The smallest absolute Gasteiger partial charge is 0.199 e. The molecule has 0 saturated heterocycles. The maximum absolute atomic E-state index is 14.0. The molecule has 98 valence electrons. The van der Waals surface area contributed by atoms with Gasteiger partial charge in [0, 0.05) is 0 Å². The lowest BCUT2D eigenvalue weighted by atomic mass is 9.96. The third kappa shape index (κ3) is 2.50. The first kappa shape index (κ1) is 13.3. The summed E-state index contributed by atoms with van der Waals surface area (Å²) in [5, 5.41) is 0. The molecule has 0 bridgehead atoms. The molecule has 2 nitrogen and oxygen atoms in total. The van der Waals surface area contributed by atoms with E-state index >= 15 is 0 Å². The number of ether oxygens (including phenoxy) is 1. The quantitative estimate of drug-likeness (QED) is 0.785. The fourth-order valence-electron chi connectivity index (χ4n) is 2.17. The van der Waals surface area contributed by atoms with Crippen LogP contribution in [-0.4, -0.2) is 12.9 Å². The standard InChI is InChI=1S/C16H15FO2/c1-10-8-11(2)15(13(17)9-10)16(18)12-6-4-5-7-14(12)19-3/h4-9H,1-3H3. The highest BCUT2D eigenvalue weighted by Crippen LogP contribution is 2.25. The topological polar surface area (TPSA) is 26.3 Å². The number of methoxy groups -OCH3 is 1. The summed E-state index contributed by atoms with van der Waals surface area (Å²) >= 11 is 0. The lowest BCUT2D eigenvalue weighted by Gasteiger charge is -2.10. The Bertz CT molecular complexity index is 609. The minimum absolute atomic E-state index is 0.107. The van der Waals surface area contributed by atoms with E-state index in [2.05, 4.69) is 0 Å². The molecule has 2 aromatic rings. The molecule has 0 heterocycles. The number of ketones is 1. The van der Waals surface area contributed by atoms with Crippen LogP contribution in [0.2, 0.25) is 0 Å². The summed E-state index contributed by atoms with van der Waals surface area (Å²) in [4.78, 5) is 12.5. The van der Waals surface area contributed by atoms with E-state index in [1.54, 1.807) is 44.2 Å².